The van der Waals surface area contributed by atoms with Crippen molar-refractivity contribution in [1.29, 1.82) is 0 Å². The normalized spacial score (nSPS) is 24.2. The third kappa shape index (κ3) is 7.12. The van der Waals surface area contributed by atoms with Crippen LogP contribution in [-0.4, -0.2) is 47.2 Å². The Kier molecular flexibility index (Phi) is 7.79. The van der Waals surface area contributed by atoms with E-state index in [4.69, 9.17) is 0 Å². The summed E-state index contributed by atoms with van der Waals surface area (Å²) >= 11 is 0. The predicted molar refractivity (Wildman–Crippen MR) is 128 cm³/mol. The topological polar surface area (TPSA) is 81.7 Å². The number of carbonyl (C=O) groups excluding carboxylic acids is 1. The minimum atomic E-state index is -4.34. The van der Waals surface area contributed by atoms with Gasteiger partial charge < -0.3 is 15.7 Å². The van der Waals surface area contributed by atoms with Gasteiger partial charge in [-0.2, -0.15) is 13.2 Å². The van der Waals surface area contributed by atoms with E-state index >= 15 is 0 Å². The second-order valence-corrected chi connectivity index (χ2v) is 12.1. The van der Waals surface area contributed by atoms with Crippen LogP contribution in [0.1, 0.15) is 65.0 Å². The van der Waals surface area contributed by atoms with Crippen molar-refractivity contribution in [3.8, 4) is 0 Å². The summed E-state index contributed by atoms with van der Waals surface area (Å²) in [5.74, 6) is 0.348. The molecule has 2 amide bonds. The third-order valence-corrected chi connectivity index (χ3v) is 7.25. The molecule has 0 bridgehead atoms. The molecule has 1 saturated carbocycles. The highest BCUT2D eigenvalue weighted by Crippen LogP contribution is 2.40. The van der Waals surface area contributed by atoms with Crippen LogP contribution in [0.15, 0.2) is 24.3 Å². The second-order valence-electron chi connectivity index (χ2n) is 12.1. The summed E-state index contributed by atoms with van der Waals surface area (Å²) in [5.41, 5.74) is -0.483. The number of benzene rings is 1. The van der Waals surface area contributed by atoms with Gasteiger partial charge in [-0.05, 0) is 59.6 Å². The van der Waals surface area contributed by atoms with E-state index in [0.717, 1.165) is 43.6 Å². The van der Waals surface area contributed by atoms with Gasteiger partial charge in [0.2, 0.25) is 5.91 Å². The van der Waals surface area contributed by atoms with Gasteiger partial charge in [-0.3, -0.25) is 9.69 Å². The number of likely N-dealkylation sites (tertiary alicyclic amines) is 1. The first-order chi connectivity index (χ1) is 16.0. The number of nitrogens with zero attached hydrogens (tertiary/aromatic N) is 1. The summed E-state index contributed by atoms with van der Waals surface area (Å²) in [5, 5.41) is 15.0. The second kappa shape index (κ2) is 9.99. The Bertz CT molecular complexity index is 909. The summed E-state index contributed by atoms with van der Waals surface area (Å²) < 4.78 is 38.5. The third-order valence-electron chi connectivity index (χ3n) is 7.25. The number of fused-ring (bicyclic) bond motifs is 1. The Balaban J connectivity index is 1.63. The summed E-state index contributed by atoms with van der Waals surface area (Å²) in [6.45, 7) is 12.2. The molecule has 9 heteroatoms. The summed E-state index contributed by atoms with van der Waals surface area (Å²) in [7, 11) is 0. The lowest BCUT2D eigenvalue weighted by molar-refractivity contribution is -0.137. The first kappa shape index (κ1) is 27.3. The predicted octanol–water partition coefficient (Wildman–Crippen LogP) is 5.13. The Morgan fingerprint density at radius 1 is 1.06 bits per heavy atom. The number of halogens is 3. The number of carbonyl (C=O) groups is 2. The van der Waals surface area contributed by atoms with Crippen molar-refractivity contribution >= 4 is 12.0 Å². The zero-order valence-electron chi connectivity index (χ0n) is 21.2. The van der Waals surface area contributed by atoms with Crippen LogP contribution in [0, 0.1) is 22.7 Å². The number of alkyl halides is 3. The molecule has 2 aliphatic rings. The van der Waals surface area contributed by atoms with E-state index in [1.165, 1.54) is 12.1 Å². The molecule has 196 valence electrons. The largest absolute Gasteiger partial charge is 0.465 e. The zero-order valence-corrected chi connectivity index (χ0v) is 21.2. The average Bonchev–Trinajstić information content (AvgIpc) is 3.25. The molecular formula is C26H38F3N3O3. The van der Waals surface area contributed by atoms with E-state index in [0.29, 0.717) is 18.9 Å². The lowest BCUT2D eigenvalue weighted by atomic mass is 9.71. The molecular weight excluding hydrogens is 459 g/mol. The molecule has 0 spiro atoms. The van der Waals surface area contributed by atoms with E-state index in [-0.39, 0.29) is 23.3 Å². The van der Waals surface area contributed by atoms with Crippen LogP contribution in [0.3, 0.4) is 0 Å². The molecule has 0 radical (unpaired) electrons. The van der Waals surface area contributed by atoms with Crippen LogP contribution in [0.25, 0.3) is 0 Å². The monoisotopic (exact) mass is 497 g/mol. The van der Waals surface area contributed by atoms with Crippen LogP contribution in [-0.2, 0) is 17.5 Å². The van der Waals surface area contributed by atoms with Crippen LogP contribution in [0.2, 0.25) is 0 Å². The van der Waals surface area contributed by atoms with Crippen molar-refractivity contribution in [2.75, 3.05) is 13.1 Å². The van der Waals surface area contributed by atoms with Gasteiger partial charge >= 0.3 is 12.3 Å². The van der Waals surface area contributed by atoms with Gasteiger partial charge in [0, 0.05) is 25.7 Å². The fourth-order valence-electron chi connectivity index (χ4n) is 6.20. The maximum Gasteiger partial charge on any atom is 0.416 e. The summed E-state index contributed by atoms with van der Waals surface area (Å²) in [6.07, 6.45) is -3.10. The summed E-state index contributed by atoms with van der Waals surface area (Å²) in [6, 6.07) is 4.36. The molecule has 3 N–H and O–H groups in total. The maximum absolute atomic E-state index is 13.3. The molecule has 6 nitrogen and oxygen atoms in total. The summed E-state index contributed by atoms with van der Waals surface area (Å²) in [4.78, 5) is 27.0. The molecule has 1 aliphatic heterocycles. The molecule has 1 aliphatic carbocycles. The first-order valence-electron chi connectivity index (χ1n) is 12.2. The van der Waals surface area contributed by atoms with Gasteiger partial charge in [-0.25, -0.2) is 4.79 Å². The van der Waals surface area contributed by atoms with Crippen LogP contribution in [0.4, 0.5) is 18.0 Å². The van der Waals surface area contributed by atoms with E-state index in [9.17, 15) is 27.9 Å². The van der Waals surface area contributed by atoms with Crippen molar-refractivity contribution in [3.63, 3.8) is 0 Å². The molecule has 0 unspecified atom stereocenters. The van der Waals surface area contributed by atoms with Gasteiger partial charge in [-0.15, -0.1) is 0 Å². The lowest BCUT2D eigenvalue weighted by Crippen LogP contribution is -2.57. The van der Waals surface area contributed by atoms with E-state index in [2.05, 4.69) is 36.3 Å². The van der Waals surface area contributed by atoms with Crippen LogP contribution in [0.5, 0.6) is 0 Å². The van der Waals surface area contributed by atoms with Crippen LogP contribution < -0.4 is 10.6 Å². The number of hydrogen-bond donors (Lipinski definition) is 3. The SMILES string of the molecule is CC(C)(C)CC(C)(C)[C@H](NC(=O)O)C(=O)N[C@H]1CC[C@@H]2CN(Cc3ccc(C(F)(F)F)cc3)C[C@@H]21. The zero-order chi connectivity index (χ0) is 26.2. The molecule has 0 aromatic heterocycles. The highest BCUT2D eigenvalue weighted by molar-refractivity contribution is 5.86. The molecule has 35 heavy (non-hydrogen) atoms. The Hall–Kier alpha value is -2.29. The number of rotatable bonds is 7. The number of hydrogen-bond acceptors (Lipinski definition) is 3. The number of nitrogens with one attached hydrogen (secondary N) is 2. The lowest BCUT2D eigenvalue weighted by Gasteiger charge is -2.38. The number of amides is 2. The molecule has 1 saturated heterocycles. The minimum Gasteiger partial charge on any atom is -0.465 e. The molecule has 2 fully saturated rings. The van der Waals surface area contributed by atoms with Crippen molar-refractivity contribution in [2.24, 2.45) is 22.7 Å². The van der Waals surface area contributed by atoms with Crippen molar-refractivity contribution in [3.05, 3.63) is 35.4 Å². The Morgan fingerprint density at radius 3 is 2.23 bits per heavy atom. The van der Waals surface area contributed by atoms with Gasteiger partial charge in [0.15, 0.2) is 0 Å². The van der Waals surface area contributed by atoms with Crippen molar-refractivity contribution in [2.45, 2.75) is 78.7 Å². The van der Waals surface area contributed by atoms with Gasteiger partial charge in [0.25, 0.3) is 0 Å². The van der Waals surface area contributed by atoms with Crippen molar-refractivity contribution < 1.29 is 27.9 Å². The molecule has 1 aromatic carbocycles. The fraction of sp³-hybridized carbons (Fsp3) is 0.692. The fourth-order valence-corrected chi connectivity index (χ4v) is 6.20. The molecule has 3 rings (SSSR count). The quantitative estimate of drug-likeness (QED) is 0.488. The van der Waals surface area contributed by atoms with Gasteiger partial charge in [-0.1, -0.05) is 46.8 Å². The average molecular weight is 498 g/mol. The van der Waals surface area contributed by atoms with E-state index in [1.807, 2.05) is 13.8 Å². The van der Waals surface area contributed by atoms with E-state index < -0.39 is 29.3 Å². The maximum atomic E-state index is 13.3. The van der Waals surface area contributed by atoms with Crippen molar-refractivity contribution in [1.82, 2.24) is 15.5 Å². The highest BCUT2D eigenvalue weighted by atomic mass is 19.4. The molecule has 1 heterocycles. The number of carboxylic acid groups (broad SMARTS) is 1. The van der Waals surface area contributed by atoms with Gasteiger partial charge in [0.1, 0.15) is 6.04 Å². The smallest absolute Gasteiger partial charge is 0.416 e. The van der Waals surface area contributed by atoms with Gasteiger partial charge in [0.05, 0.1) is 5.56 Å². The first-order valence-corrected chi connectivity index (χ1v) is 12.2. The minimum absolute atomic E-state index is 0.0476. The Morgan fingerprint density at radius 2 is 1.69 bits per heavy atom. The molecule has 1 aromatic rings. The molecule has 4 atom stereocenters. The van der Waals surface area contributed by atoms with E-state index in [1.54, 1.807) is 0 Å². The Labute approximate surface area is 205 Å². The highest BCUT2D eigenvalue weighted by Gasteiger charge is 2.45. The van der Waals surface area contributed by atoms with Crippen LogP contribution >= 0.6 is 0 Å². The standard InChI is InChI=1S/C26H38F3N3O3/c1-24(2,3)15-25(4,5)21(31-23(34)35)22(33)30-20-11-8-17-13-32(14-19(17)20)12-16-6-9-18(10-7-16)26(27,28)29/h6-7,9-10,17,19-21,31H,8,11-15H2,1-5H3,(H,30,33)(H,34,35)/t17-,19+,20+,21-/m1/s1.